The van der Waals surface area contributed by atoms with Crippen molar-refractivity contribution in [2.75, 3.05) is 0 Å². The minimum absolute atomic E-state index is 0.137. The van der Waals surface area contributed by atoms with E-state index in [-0.39, 0.29) is 17.8 Å². The van der Waals surface area contributed by atoms with Gasteiger partial charge in [0, 0.05) is 17.5 Å². The number of halogens is 1. The van der Waals surface area contributed by atoms with E-state index in [1.54, 1.807) is 6.07 Å². The fourth-order valence-electron chi connectivity index (χ4n) is 2.53. The van der Waals surface area contributed by atoms with Crippen molar-refractivity contribution in [1.29, 1.82) is 0 Å². The summed E-state index contributed by atoms with van der Waals surface area (Å²) in [6.07, 6.45) is 0.887. The van der Waals surface area contributed by atoms with Gasteiger partial charge >= 0.3 is 0 Å². The predicted molar refractivity (Wildman–Crippen MR) is 77.5 cm³/mol. The summed E-state index contributed by atoms with van der Waals surface area (Å²) in [7, 11) is 0. The Morgan fingerprint density at radius 1 is 1.11 bits per heavy atom. The molecule has 0 saturated carbocycles. The maximum absolute atomic E-state index is 14.0. The SMILES string of the molecule is CCC(c1ccccc1)C(N)c1cc(C)ccc1F. The fourth-order valence-corrected chi connectivity index (χ4v) is 2.53. The lowest BCUT2D eigenvalue weighted by atomic mass is 9.85. The zero-order valence-electron chi connectivity index (χ0n) is 11.4. The molecule has 2 unspecified atom stereocenters. The Balaban J connectivity index is 2.36. The van der Waals surface area contributed by atoms with Crippen molar-refractivity contribution >= 4 is 0 Å². The maximum Gasteiger partial charge on any atom is 0.128 e. The third kappa shape index (κ3) is 3.02. The van der Waals surface area contributed by atoms with Gasteiger partial charge in [-0.3, -0.25) is 0 Å². The van der Waals surface area contributed by atoms with Crippen molar-refractivity contribution in [3.8, 4) is 0 Å². The summed E-state index contributed by atoms with van der Waals surface area (Å²) in [5.41, 5.74) is 9.12. The molecule has 2 N–H and O–H groups in total. The van der Waals surface area contributed by atoms with Gasteiger partial charge in [0.15, 0.2) is 0 Å². The predicted octanol–water partition coefficient (Wildman–Crippen LogP) is 4.33. The van der Waals surface area contributed by atoms with E-state index in [4.69, 9.17) is 5.73 Å². The minimum Gasteiger partial charge on any atom is -0.323 e. The lowest BCUT2D eigenvalue weighted by Gasteiger charge is -2.24. The molecule has 100 valence electrons. The van der Waals surface area contributed by atoms with Gasteiger partial charge < -0.3 is 5.73 Å². The van der Waals surface area contributed by atoms with Crippen molar-refractivity contribution in [3.05, 3.63) is 71.0 Å². The fraction of sp³-hybridized carbons (Fsp3) is 0.294. The highest BCUT2D eigenvalue weighted by Gasteiger charge is 2.22. The first kappa shape index (κ1) is 13.8. The second kappa shape index (κ2) is 5.98. The molecule has 0 radical (unpaired) electrons. The van der Waals surface area contributed by atoms with Crippen LogP contribution in [0.3, 0.4) is 0 Å². The number of benzene rings is 2. The second-order valence-electron chi connectivity index (χ2n) is 4.98. The summed E-state index contributed by atoms with van der Waals surface area (Å²) in [6, 6.07) is 14.9. The van der Waals surface area contributed by atoms with Gasteiger partial charge in [-0.2, -0.15) is 0 Å². The number of hydrogen-bond donors (Lipinski definition) is 1. The Hall–Kier alpha value is -1.67. The van der Waals surface area contributed by atoms with Crippen LogP contribution in [0, 0.1) is 12.7 Å². The van der Waals surface area contributed by atoms with Gasteiger partial charge in [0.1, 0.15) is 5.82 Å². The van der Waals surface area contributed by atoms with E-state index in [9.17, 15) is 4.39 Å². The Morgan fingerprint density at radius 3 is 2.42 bits per heavy atom. The lowest BCUT2D eigenvalue weighted by Crippen LogP contribution is -2.20. The zero-order valence-corrected chi connectivity index (χ0v) is 11.4. The van der Waals surface area contributed by atoms with Crippen LogP contribution in [0.5, 0.6) is 0 Å². The molecule has 0 aliphatic rings. The van der Waals surface area contributed by atoms with E-state index >= 15 is 0 Å². The third-order valence-corrected chi connectivity index (χ3v) is 3.61. The van der Waals surface area contributed by atoms with Gasteiger partial charge in [-0.05, 0) is 25.0 Å². The van der Waals surface area contributed by atoms with Crippen LogP contribution < -0.4 is 5.73 Å². The zero-order chi connectivity index (χ0) is 13.8. The molecule has 2 aromatic carbocycles. The first-order chi connectivity index (χ1) is 9.13. The summed E-state index contributed by atoms with van der Waals surface area (Å²) in [5, 5.41) is 0. The van der Waals surface area contributed by atoms with E-state index in [0.717, 1.165) is 12.0 Å². The van der Waals surface area contributed by atoms with E-state index in [1.807, 2.05) is 31.2 Å². The van der Waals surface area contributed by atoms with Gasteiger partial charge in [-0.25, -0.2) is 4.39 Å². The molecule has 0 spiro atoms. The topological polar surface area (TPSA) is 26.0 Å². The molecule has 0 heterocycles. The van der Waals surface area contributed by atoms with Crippen molar-refractivity contribution in [1.82, 2.24) is 0 Å². The molecule has 0 amide bonds. The standard InChI is InChI=1S/C17H20FN/c1-3-14(13-7-5-4-6-8-13)17(19)15-11-12(2)9-10-16(15)18/h4-11,14,17H,3,19H2,1-2H3. The molecule has 0 aliphatic carbocycles. The smallest absolute Gasteiger partial charge is 0.128 e. The first-order valence-electron chi connectivity index (χ1n) is 6.70. The average Bonchev–Trinajstić information content (AvgIpc) is 2.43. The molecule has 1 nitrogen and oxygen atoms in total. The summed E-state index contributed by atoms with van der Waals surface area (Å²) in [5.74, 6) is -0.0787. The van der Waals surface area contributed by atoms with E-state index in [2.05, 4.69) is 19.1 Å². The molecular weight excluding hydrogens is 237 g/mol. The minimum atomic E-state index is -0.313. The first-order valence-corrected chi connectivity index (χ1v) is 6.70. The molecule has 2 heteroatoms. The molecular formula is C17H20FN. The van der Waals surface area contributed by atoms with Crippen molar-refractivity contribution in [3.63, 3.8) is 0 Å². The average molecular weight is 257 g/mol. The van der Waals surface area contributed by atoms with E-state index in [1.165, 1.54) is 11.6 Å². The van der Waals surface area contributed by atoms with Crippen LogP contribution in [0.15, 0.2) is 48.5 Å². The molecule has 2 aromatic rings. The molecule has 0 saturated heterocycles. The van der Waals surface area contributed by atoms with Gasteiger partial charge in [0.25, 0.3) is 0 Å². The molecule has 0 aliphatic heterocycles. The molecule has 2 atom stereocenters. The van der Waals surface area contributed by atoms with Crippen LogP contribution >= 0.6 is 0 Å². The van der Waals surface area contributed by atoms with Crippen LogP contribution in [0.1, 0.15) is 42.0 Å². The Morgan fingerprint density at radius 2 is 1.79 bits per heavy atom. The summed E-state index contributed by atoms with van der Waals surface area (Å²) in [6.45, 7) is 4.05. The van der Waals surface area contributed by atoms with Crippen molar-refractivity contribution in [2.24, 2.45) is 5.73 Å². The number of hydrogen-bond acceptors (Lipinski definition) is 1. The van der Waals surface area contributed by atoms with Gasteiger partial charge in [0.2, 0.25) is 0 Å². The number of rotatable bonds is 4. The highest BCUT2D eigenvalue weighted by Crippen LogP contribution is 2.33. The monoisotopic (exact) mass is 257 g/mol. The molecule has 0 bridgehead atoms. The Bertz CT molecular complexity index is 536. The second-order valence-corrected chi connectivity index (χ2v) is 4.98. The van der Waals surface area contributed by atoms with Gasteiger partial charge in [0.05, 0.1) is 0 Å². The lowest BCUT2D eigenvalue weighted by molar-refractivity contribution is 0.505. The normalized spacial score (nSPS) is 14.1. The van der Waals surface area contributed by atoms with E-state index in [0.29, 0.717) is 5.56 Å². The molecule has 2 rings (SSSR count). The summed E-state index contributed by atoms with van der Waals surface area (Å²) in [4.78, 5) is 0. The van der Waals surface area contributed by atoms with Gasteiger partial charge in [-0.15, -0.1) is 0 Å². The number of aryl methyl sites for hydroxylation is 1. The Labute approximate surface area is 114 Å². The van der Waals surface area contributed by atoms with Crippen LogP contribution in [0.4, 0.5) is 4.39 Å². The highest BCUT2D eigenvalue weighted by molar-refractivity contribution is 5.31. The van der Waals surface area contributed by atoms with Crippen LogP contribution in [0.2, 0.25) is 0 Å². The summed E-state index contributed by atoms with van der Waals surface area (Å²) < 4.78 is 14.0. The summed E-state index contributed by atoms with van der Waals surface area (Å²) >= 11 is 0. The largest absolute Gasteiger partial charge is 0.323 e. The van der Waals surface area contributed by atoms with Gasteiger partial charge in [-0.1, -0.05) is 55.0 Å². The Kier molecular flexibility index (Phi) is 4.33. The third-order valence-electron chi connectivity index (χ3n) is 3.61. The van der Waals surface area contributed by atoms with Crippen LogP contribution in [-0.2, 0) is 0 Å². The number of nitrogens with two attached hydrogens (primary N) is 1. The highest BCUT2D eigenvalue weighted by atomic mass is 19.1. The maximum atomic E-state index is 14.0. The van der Waals surface area contributed by atoms with Crippen molar-refractivity contribution < 1.29 is 4.39 Å². The van der Waals surface area contributed by atoms with Crippen LogP contribution in [-0.4, -0.2) is 0 Å². The van der Waals surface area contributed by atoms with Crippen LogP contribution in [0.25, 0.3) is 0 Å². The van der Waals surface area contributed by atoms with Crippen molar-refractivity contribution in [2.45, 2.75) is 32.2 Å². The molecule has 19 heavy (non-hydrogen) atoms. The molecule has 0 aromatic heterocycles. The van der Waals surface area contributed by atoms with E-state index < -0.39 is 0 Å². The molecule has 0 fully saturated rings. The quantitative estimate of drug-likeness (QED) is 0.867.